The van der Waals surface area contributed by atoms with E-state index in [0.717, 1.165) is 18.9 Å². The normalized spacial score (nSPS) is 35.8. The Morgan fingerprint density at radius 2 is 2.11 bits per heavy atom. The first-order valence-corrected chi connectivity index (χ1v) is 7.35. The van der Waals surface area contributed by atoms with Crippen LogP contribution in [0.25, 0.3) is 0 Å². The van der Waals surface area contributed by atoms with Gasteiger partial charge in [-0.3, -0.25) is 0 Å². The van der Waals surface area contributed by atoms with Crippen molar-refractivity contribution < 1.29 is 5.11 Å². The molecular formula is C16H22ClNO. The summed E-state index contributed by atoms with van der Waals surface area (Å²) in [6.45, 7) is 1.15. The minimum absolute atomic E-state index is 0. The Bertz CT molecular complexity index is 486. The van der Waals surface area contributed by atoms with Crippen LogP contribution >= 0.6 is 12.4 Å². The molecule has 19 heavy (non-hydrogen) atoms. The van der Waals surface area contributed by atoms with Crippen molar-refractivity contribution in [2.45, 2.75) is 50.0 Å². The maximum atomic E-state index is 9.86. The van der Waals surface area contributed by atoms with Crippen LogP contribution in [0.3, 0.4) is 0 Å². The predicted molar refractivity (Wildman–Crippen MR) is 79.1 cm³/mol. The molecule has 0 unspecified atom stereocenters. The van der Waals surface area contributed by atoms with E-state index >= 15 is 0 Å². The van der Waals surface area contributed by atoms with Gasteiger partial charge in [-0.25, -0.2) is 0 Å². The number of nitrogens with one attached hydrogen (secondary N) is 1. The highest BCUT2D eigenvalue weighted by Crippen LogP contribution is 2.54. The van der Waals surface area contributed by atoms with E-state index in [1.165, 1.54) is 43.2 Å². The monoisotopic (exact) mass is 279 g/mol. The van der Waals surface area contributed by atoms with Crippen LogP contribution in [0, 0.1) is 5.92 Å². The Hall–Kier alpha value is -0.730. The maximum Gasteiger partial charge on any atom is 0.115 e. The standard InChI is InChI=1S/C16H21NO.ClH/c18-12-5-4-11-9-15-13-3-1-2-6-16(13,7-8-17-15)14(11)10-12;/h4-5,10,13,15,17-18H,1-3,6-9H2;1H/t13-,15-,16-;/m0./s1. The molecule has 2 bridgehead atoms. The van der Waals surface area contributed by atoms with Crippen LogP contribution in [-0.2, 0) is 11.8 Å². The summed E-state index contributed by atoms with van der Waals surface area (Å²) in [5.41, 5.74) is 3.33. The van der Waals surface area contributed by atoms with Crippen molar-refractivity contribution in [1.29, 1.82) is 0 Å². The highest BCUT2D eigenvalue weighted by Gasteiger charge is 2.51. The molecule has 2 fully saturated rings. The van der Waals surface area contributed by atoms with Gasteiger partial charge in [-0.15, -0.1) is 12.4 Å². The lowest BCUT2D eigenvalue weighted by atomic mass is 9.53. The number of aromatic hydroxyl groups is 1. The third-order valence-corrected chi connectivity index (χ3v) is 5.63. The van der Waals surface area contributed by atoms with Gasteiger partial charge in [0.2, 0.25) is 0 Å². The molecule has 4 rings (SSSR count). The van der Waals surface area contributed by atoms with E-state index in [1.54, 1.807) is 0 Å². The van der Waals surface area contributed by atoms with Crippen molar-refractivity contribution in [3.8, 4) is 5.75 Å². The van der Waals surface area contributed by atoms with E-state index in [2.05, 4.69) is 17.4 Å². The largest absolute Gasteiger partial charge is 0.508 e. The van der Waals surface area contributed by atoms with E-state index < -0.39 is 0 Å². The Labute approximate surface area is 121 Å². The van der Waals surface area contributed by atoms with Gasteiger partial charge in [0.05, 0.1) is 0 Å². The average molecular weight is 280 g/mol. The molecule has 1 aromatic carbocycles. The van der Waals surface area contributed by atoms with Gasteiger partial charge in [0.15, 0.2) is 0 Å². The summed E-state index contributed by atoms with van der Waals surface area (Å²) >= 11 is 0. The van der Waals surface area contributed by atoms with Gasteiger partial charge in [-0.05, 0) is 61.4 Å². The molecule has 1 aliphatic heterocycles. The number of rotatable bonds is 0. The first-order chi connectivity index (χ1) is 8.79. The molecule has 0 aromatic heterocycles. The lowest BCUT2D eigenvalue weighted by molar-refractivity contribution is 0.0795. The first kappa shape index (κ1) is 13.3. The third kappa shape index (κ3) is 1.80. The molecule has 3 aliphatic rings. The topological polar surface area (TPSA) is 32.3 Å². The molecule has 3 atom stereocenters. The molecule has 1 heterocycles. The number of piperidine rings is 1. The van der Waals surface area contributed by atoms with Crippen LogP contribution < -0.4 is 5.32 Å². The second kappa shape index (κ2) is 4.68. The Balaban J connectivity index is 0.00000110. The molecule has 3 heteroatoms. The molecule has 2 N–H and O–H groups in total. The van der Waals surface area contributed by atoms with Gasteiger partial charge >= 0.3 is 0 Å². The molecule has 1 saturated heterocycles. The zero-order valence-corrected chi connectivity index (χ0v) is 12.0. The molecular weight excluding hydrogens is 258 g/mol. The molecule has 0 radical (unpaired) electrons. The van der Waals surface area contributed by atoms with Crippen molar-refractivity contribution in [3.05, 3.63) is 29.3 Å². The zero-order valence-electron chi connectivity index (χ0n) is 11.2. The van der Waals surface area contributed by atoms with Gasteiger partial charge < -0.3 is 10.4 Å². The van der Waals surface area contributed by atoms with Crippen molar-refractivity contribution in [2.75, 3.05) is 6.54 Å². The fourth-order valence-electron chi connectivity index (χ4n) is 4.91. The quantitative estimate of drug-likeness (QED) is 0.765. The minimum Gasteiger partial charge on any atom is -0.508 e. The number of benzene rings is 1. The molecule has 2 nitrogen and oxygen atoms in total. The van der Waals surface area contributed by atoms with Crippen molar-refractivity contribution >= 4 is 12.4 Å². The van der Waals surface area contributed by atoms with Gasteiger partial charge in [0, 0.05) is 11.5 Å². The predicted octanol–water partition coefficient (Wildman–Crippen LogP) is 3.16. The maximum absolute atomic E-state index is 9.86. The summed E-state index contributed by atoms with van der Waals surface area (Å²) in [5, 5.41) is 13.6. The molecule has 1 saturated carbocycles. The average Bonchev–Trinajstić information content (AvgIpc) is 2.40. The van der Waals surface area contributed by atoms with Gasteiger partial charge in [0.25, 0.3) is 0 Å². The summed E-state index contributed by atoms with van der Waals surface area (Å²) in [4.78, 5) is 0. The molecule has 1 aromatic rings. The summed E-state index contributed by atoms with van der Waals surface area (Å²) in [5.74, 6) is 1.25. The fraction of sp³-hybridized carbons (Fsp3) is 0.625. The van der Waals surface area contributed by atoms with Crippen molar-refractivity contribution in [2.24, 2.45) is 5.92 Å². The second-order valence-electron chi connectivity index (χ2n) is 6.36. The number of hydrogen-bond donors (Lipinski definition) is 2. The fourth-order valence-corrected chi connectivity index (χ4v) is 4.91. The van der Waals surface area contributed by atoms with Crippen LogP contribution in [0.15, 0.2) is 18.2 Å². The van der Waals surface area contributed by atoms with Gasteiger partial charge in [0.1, 0.15) is 5.75 Å². The highest BCUT2D eigenvalue weighted by atomic mass is 35.5. The Kier molecular flexibility index (Phi) is 3.26. The lowest BCUT2D eigenvalue weighted by Crippen LogP contribution is -2.59. The zero-order chi connectivity index (χ0) is 12.2. The van der Waals surface area contributed by atoms with E-state index in [1.807, 2.05) is 6.07 Å². The van der Waals surface area contributed by atoms with Crippen LogP contribution in [-0.4, -0.2) is 17.7 Å². The molecule has 104 valence electrons. The summed E-state index contributed by atoms with van der Waals surface area (Å²) in [7, 11) is 0. The van der Waals surface area contributed by atoms with E-state index in [9.17, 15) is 5.11 Å². The van der Waals surface area contributed by atoms with Crippen LogP contribution in [0.4, 0.5) is 0 Å². The van der Waals surface area contributed by atoms with Crippen LogP contribution in [0.1, 0.15) is 43.2 Å². The second-order valence-corrected chi connectivity index (χ2v) is 6.36. The number of fused-ring (bicyclic) bond motifs is 1. The van der Waals surface area contributed by atoms with Crippen LogP contribution in [0.5, 0.6) is 5.75 Å². The summed E-state index contributed by atoms with van der Waals surface area (Å²) in [6.07, 6.45) is 7.85. The summed E-state index contributed by atoms with van der Waals surface area (Å²) in [6, 6.07) is 6.75. The number of hydrogen-bond acceptors (Lipinski definition) is 2. The third-order valence-electron chi connectivity index (χ3n) is 5.63. The van der Waals surface area contributed by atoms with Crippen LogP contribution in [0.2, 0.25) is 0 Å². The molecule has 0 amide bonds. The SMILES string of the molecule is Cl.Oc1ccc2c(c1)[C@]13CCCC[C@H]1[C@H](C2)NCC3. The first-order valence-electron chi connectivity index (χ1n) is 7.35. The van der Waals surface area contributed by atoms with E-state index in [-0.39, 0.29) is 12.4 Å². The number of halogens is 1. The Morgan fingerprint density at radius 3 is 3.00 bits per heavy atom. The van der Waals surface area contributed by atoms with Crippen molar-refractivity contribution in [3.63, 3.8) is 0 Å². The smallest absolute Gasteiger partial charge is 0.115 e. The Morgan fingerprint density at radius 1 is 1.21 bits per heavy atom. The number of phenols is 1. The summed E-state index contributed by atoms with van der Waals surface area (Å²) < 4.78 is 0. The van der Waals surface area contributed by atoms with E-state index in [4.69, 9.17) is 0 Å². The van der Waals surface area contributed by atoms with E-state index in [0.29, 0.717) is 17.2 Å². The highest BCUT2D eigenvalue weighted by molar-refractivity contribution is 5.85. The van der Waals surface area contributed by atoms with Crippen molar-refractivity contribution in [1.82, 2.24) is 5.32 Å². The molecule has 0 spiro atoms. The minimum atomic E-state index is 0. The number of phenolic OH excluding ortho intramolecular Hbond substituents is 1. The van der Waals surface area contributed by atoms with Gasteiger partial charge in [-0.1, -0.05) is 18.9 Å². The molecule has 2 aliphatic carbocycles. The van der Waals surface area contributed by atoms with Gasteiger partial charge in [-0.2, -0.15) is 0 Å². The lowest BCUT2D eigenvalue weighted by Gasteiger charge is -2.56.